The van der Waals surface area contributed by atoms with Gasteiger partial charge in [-0.3, -0.25) is 4.79 Å². The van der Waals surface area contributed by atoms with Crippen molar-refractivity contribution in [2.75, 3.05) is 39.3 Å². The largest absolute Gasteiger partial charge is 0.336 e. The molecule has 1 amide bonds. The van der Waals surface area contributed by atoms with E-state index in [2.05, 4.69) is 22.0 Å². The average Bonchev–Trinajstić information content (AvgIpc) is 2.56. The van der Waals surface area contributed by atoms with Gasteiger partial charge in [0.1, 0.15) is 5.82 Å². The summed E-state index contributed by atoms with van der Waals surface area (Å²) in [4.78, 5) is 16.6. The Labute approximate surface area is 137 Å². The molecule has 1 aromatic carbocycles. The lowest BCUT2D eigenvalue weighted by molar-refractivity contribution is -0.135. The summed E-state index contributed by atoms with van der Waals surface area (Å²) in [7, 11) is 0. The maximum absolute atomic E-state index is 13.0. The monoisotopic (exact) mass is 319 g/mol. The van der Waals surface area contributed by atoms with Crippen LogP contribution in [0.25, 0.3) is 0 Å². The Morgan fingerprint density at radius 2 is 2.09 bits per heavy atom. The molecule has 1 aromatic rings. The highest BCUT2D eigenvalue weighted by Crippen LogP contribution is 2.22. The Bertz CT molecular complexity index is 534. The first kappa shape index (κ1) is 16.4. The molecule has 0 aliphatic carbocycles. The summed E-state index contributed by atoms with van der Waals surface area (Å²) < 4.78 is 13.0. The lowest BCUT2D eigenvalue weighted by Gasteiger charge is -2.41. The molecule has 4 nitrogen and oxygen atoms in total. The Kier molecular flexibility index (Phi) is 5.28. The Balaban J connectivity index is 1.57. The van der Waals surface area contributed by atoms with Crippen LogP contribution >= 0.6 is 0 Å². The van der Waals surface area contributed by atoms with Crippen molar-refractivity contribution in [3.05, 3.63) is 35.6 Å². The molecule has 23 heavy (non-hydrogen) atoms. The van der Waals surface area contributed by atoms with Crippen LogP contribution in [0.15, 0.2) is 24.3 Å². The van der Waals surface area contributed by atoms with E-state index in [1.165, 1.54) is 17.7 Å². The molecule has 0 bridgehead atoms. The van der Waals surface area contributed by atoms with Gasteiger partial charge in [0.25, 0.3) is 0 Å². The van der Waals surface area contributed by atoms with Crippen molar-refractivity contribution in [1.82, 2.24) is 15.1 Å². The van der Waals surface area contributed by atoms with Crippen LogP contribution < -0.4 is 5.32 Å². The number of benzene rings is 1. The third-order valence-corrected chi connectivity index (χ3v) is 5.02. The summed E-state index contributed by atoms with van der Waals surface area (Å²) in [6.45, 7) is 7.39. The maximum atomic E-state index is 13.0. The van der Waals surface area contributed by atoms with Gasteiger partial charge in [-0.05, 0) is 43.0 Å². The highest BCUT2D eigenvalue weighted by Gasteiger charge is 2.30. The summed E-state index contributed by atoms with van der Waals surface area (Å²) in [6, 6.07) is 7.16. The van der Waals surface area contributed by atoms with E-state index in [1.54, 1.807) is 0 Å². The summed E-state index contributed by atoms with van der Waals surface area (Å²) in [6.07, 6.45) is 2.24. The van der Waals surface area contributed by atoms with Gasteiger partial charge in [-0.15, -0.1) is 0 Å². The summed E-state index contributed by atoms with van der Waals surface area (Å²) in [5.74, 6) is 0.416. The third-order valence-electron chi connectivity index (χ3n) is 5.02. The first-order chi connectivity index (χ1) is 11.1. The van der Waals surface area contributed by atoms with Crippen molar-refractivity contribution in [2.45, 2.75) is 31.7 Å². The number of hydrogen-bond acceptors (Lipinski definition) is 3. The van der Waals surface area contributed by atoms with Crippen LogP contribution in [-0.2, 0) is 4.79 Å². The van der Waals surface area contributed by atoms with E-state index in [0.717, 1.165) is 45.6 Å². The summed E-state index contributed by atoms with van der Waals surface area (Å²) in [5.41, 5.74) is 1.17. The van der Waals surface area contributed by atoms with Crippen LogP contribution in [0.4, 0.5) is 4.39 Å². The van der Waals surface area contributed by atoms with E-state index >= 15 is 0 Å². The first-order valence-corrected chi connectivity index (χ1v) is 8.61. The smallest absolute Gasteiger partial charge is 0.236 e. The van der Waals surface area contributed by atoms with Gasteiger partial charge >= 0.3 is 0 Å². The zero-order chi connectivity index (χ0) is 16.2. The van der Waals surface area contributed by atoms with Crippen LogP contribution in [0.5, 0.6) is 0 Å². The molecule has 0 aromatic heterocycles. The number of piperazine rings is 1. The molecule has 5 heteroatoms. The molecule has 2 heterocycles. The van der Waals surface area contributed by atoms with Gasteiger partial charge in [0.2, 0.25) is 5.91 Å². The minimum Gasteiger partial charge on any atom is -0.336 e. The molecule has 2 aliphatic heterocycles. The fraction of sp³-hybridized carbons (Fsp3) is 0.611. The molecule has 2 aliphatic rings. The van der Waals surface area contributed by atoms with E-state index < -0.39 is 0 Å². The van der Waals surface area contributed by atoms with E-state index in [4.69, 9.17) is 0 Å². The molecular weight excluding hydrogens is 293 g/mol. The molecule has 2 unspecified atom stereocenters. The Morgan fingerprint density at radius 3 is 2.83 bits per heavy atom. The predicted octanol–water partition coefficient (Wildman–Crippen LogP) is 1.83. The van der Waals surface area contributed by atoms with Gasteiger partial charge in [0.15, 0.2) is 0 Å². The number of piperidine rings is 1. The van der Waals surface area contributed by atoms with E-state index in [9.17, 15) is 9.18 Å². The minimum absolute atomic E-state index is 0.184. The van der Waals surface area contributed by atoms with Crippen LogP contribution in [0.2, 0.25) is 0 Å². The normalized spacial score (nSPS) is 24.7. The number of carbonyl (C=O) groups is 1. The topological polar surface area (TPSA) is 35.6 Å². The number of nitrogens with one attached hydrogen (secondary N) is 1. The van der Waals surface area contributed by atoms with Crippen LogP contribution in [0.3, 0.4) is 0 Å². The van der Waals surface area contributed by atoms with E-state index in [0.29, 0.717) is 18.5 Å². The SMILES string of the molecule is CC(CN1CCCC(N2CCNCC2=O)C1)c1ccc(F)cc1. The summed E-state index contributed by atoms with van der Waals surface area (Å²) in [5, 5.41) is 3.14. The number of nitrogens with zero attached hydrogens (tertiary/aromatic N) is 2. The molecule has 2 fully saturated rings. The van der Waals surface area contributed by atoms with Gasteiger partial charge < -0.3 is 15.1 Å². The van der Waals surface area contributed by atoms with Gasteiger partial charge in [0.05, 0.1) is 6.54 Å². The fourth-order valence-corrected chi connectivity index (χ4v) is 3.74. The van der Waals surface area contributed by atoms with Crippen molar-refractivity contribution >= 4 is 5.91 Å². The zero-order valence-corrected chi connectivity index (χ0v) is 13.8. The second-order valence-corrected chi connectivity index (χ2v) is 6.77. The number of halogens is 1. The number of carbonyl (C=O) groups excluding carboxylic acids is 1. The Morgan fingerprint density at radius 1 is 1.30 bits per heavy atom. The molecule has 2 atom stereocenters. The first-order valence-electron chi connectivity index (χ1n) is 8.61. The molecule has 0 spiro atoms. The molecule has 0 radical (unpaired) electrons. The van der Waals surface area contributed by atoms with Crippen LogP contribution in [0.1, 0.15) is 31.2 Å². The van der Waals surface area contributed by atoms with Gasteiger partial charge in [-0.25, -0.2) is 4.39 Å². The molecular formula is C18H26FN3O. The fourth-order valence-electron chi connectivity index (χ4n) is 3.74. The minimum atomic E-state index is -0.184. The number of likely N-dealkylation sites (tertiary alicyclic amines) is 1. The van der Waals surface area contributed by atoms with Gasteiger partial charge in [0, 0.05) is 32.2 Å². The number of amides is 1. The molecule has 3 rings (SSSR count). The zero-order valence-electron chi connectivity index (χ0n) is 13.8. The summed E-state index contributed by atoms with van der Waals surface area (Å²) >= 11 is 0. The van der Waals surface area contributed by atoms with Crippen molar-refractivity contribution < 1.29 is 9.18 Å². The molecule has 1 N–H and O–H groups in total. The van der Waals surface area contributed by atoms with Gasteiger partial charge in [-0.1, -0.05) is 19.1 Å². The second-order valence-electron chi connectivity index (χ2n) is 6.77. The molecule has 0 saturated carbocycles. The van der Waals surface area contributed by atoms with Crippen LogP contribution in [-0.4, -0.2) is 61.0 Å². The average molecular weight is 319 g/mol. The van der Waals surface area contributed by atoms with Gasteiger partial charge in [-0.2, -0.15) is 0 Å². The quantitative estimate of drug-likeness (QED) is 0.920. The lowest BCUT2D eigenvalue weighted by atomic mass is 9.97. The van der Waals surface area contributed by atoms with Crippen molar-refractivity contribution in [2.24, 2.45) is 0 Å². The highest BCUT2D eigenvalue weighted by molar-refractivity contribution is 5.79. The lowest BCUT2D eigenvalue weighted by Crippen LogP contribution is -2.57. The van der Waals surface area contributed by atoms with E-state index in [-0.39, 0.29) is 11.7 Å². The third kappa shape index (κ3) is 4.09. The van der Waals surface area contributed by atoms with Crippen molar-refractivity contribution in [1.29, 1.82) is 0 Å². The second kappa shape index (κ2) is 7.41. The number of hydrogen-bond donors (Lipinski definition) is 1. The van der Waals surface area contributed by atoms with Crippen molar-refractivity contribution in [3.63, 3.8) is 0 Å². The maximum Gasteiger partial charge on any atom is 0.236 e. The highest BCUT2D eigenvalue weighted by atomic mass is 19.1. The number of rotatable bonds is 4. The van der Waals surface area contributed by atoms with E-state index in [1.807, 2.05) is 12.1 Å². The Hall–Kier alpha value is -1.46. The predicted molar refractivity (Wildman–Crippen MR) is 88.9 cm³/mol. The molecule has 2 saturated heterocycles. The standard InChI is InChI=1S/C18H26FN3O/c1-14(15-4-6-16(19)7-5-15)12-21-9-2-3-17(13-21)22-10-8-20-11-18(22)23/h4-7,14,17,20H,2-3,8-13H2,1H3. The van der Waals surface area contributed by atoms with Crippen molar-refractivity contribution in [3.8, 4) is 0 Å². The molecule has 126 valence electrons. The van der Waals surface area contributed by atoms with Crippen LogP contribution in [0, 0.1) is 5.82 Å².